The Morgan fingerprint density at radius 1 is 1.14 bits per heavy atom. The molecule has 0 saturated heterocycles. The van der Waals surface area contributed by atoms with Crippen LogP contribution in [0.4, 0.5) is 0 Å². The normalized spacial score (nSPS) is 13.4. The fourth-order valence-corrected chi connectivity index (χ4v) is 2.96. The summed E-state index contributed by atoms with van der Waals surface area (Å²) in [6.45, 7) is 0. The van der Waals surface area contributed by atoms with E-state index in [1.165, 1.54) is 24.3 Å². The summed E-state index contributed by atoms with van der Waals surface area (Å²) in [5.74, 6) is -1.54. The van der Waals surface area contributed by atoms with Gasteiger partial charge in [-0.2, -0.15) is 0 Å². The third kappa shape index (κ3) is 3.01. The molecule has 0 saturated carbocycles. The smallest absolute Gasteiger partial charge is 0.399 e. The lowest BCUT2D eigenvalue weighted by Crippen LogP contribution is -2.40. The third-order valence-electron chi connectivity index (χ3n) is 2.79. The molecule has 0 bridgehead atoms. The Hall–Kier alpha value is -2.05. The molecule has 0 spiro atoms. The SMILES string of the molecule is O=C(O)C(Sc1ccccc1)(c1ccc(Cl)cc1)[N+](=O)[O-]. The number of halogens is 1. The first-order valence-corrected chi connectivity index (χ1v) is 7.04. The summed E-state index contributed by atoms with van der Waals surface area (Å²) in [6, 6.07) is 14.0. The molecule has 0 aliphatic rings. The lowest BCUT2D eigenvalue weighted by molar-refractivity contribution is -0.532. The molecule has 2 rings (SSSR count). The van der Waals surface area contributed by atoms with E-state index in [0.29, 0.717) is 21.7 Å². The van der Waals surface area contributed by atoms with Gasteiger partial charge in [0.2, 0.25) is 0 Å². The summed E-state index contributed by atoms with van der Waals surface area (Å²) in [6.07, 6.45) is 0. The molecule has 2 aromatic carbocycles. The van der Waals surface area contributed by atoms with Crippen molar-refractivity contribution in [2.24, 2.45) is 0 Å². The number of hydrogen-bond acceptors (Lipinski definition) is 4. The molecule has 5 nitrogen and oxygen atoms in total. The molecular weight excluding hydrogens is 314 g/mol. The molecule has 0 amide bonds. The van der Waals surface area contributed by atoms with E-state index >= 15 is 0 Å². The zero-order valence-corrected chi connectivity index (χ0v) is 12.2. The minimum Gasteiger partial charge on any atom is -0.475 e. The molecule has 1 unspecified atom stereocenters. The number of carboxylic acids is 1. The van der Waals surface area contributed by atoms with Gasteiger partial charge in [0.05, 0.1) is 10.5 Å². The number of benzene rings is 2. The number of thioether (sulfide) groups is 1. The first-order valence-electron chi connectivity index (χ1n) is 5.85. The first-order chi connectivity index (χ1) is 9.96. The predicted molar refractivity (Wildman–Crippen MR) is 80.1 cm³/mol. The maximum absolute atomic E-state index is 11.7. The molecule has 1 N–H and O–H groups in total. The van der Waals surface area contributed by atoms with Crippen molar-refractivity contribution in [3.63, 3.8) is 0 Å². The molecule has 0 radical (unpaired) electrons. The molecule has 7 heteroatoms. The average molecular weight is 324 g/mol. The predicted octanol–water partition coefficient (Wildman–Crippen LogP) is 3.65. The second-order valence-corrected chi connectivity index (χ2v) is 5.83. The van der Waals surface area contributed by atoms with Gasteiger partial charge in [-0.1, -0.05) is 29.8 Å². The Morgan fingerprint density at radius 2 is 1.71 bits per heavy atom. The number of carboxylic acid groups (broad SMARTS) is 1. The minimum absolute atomic E-state index is 0.0539. The lowest BCUT2D eigenvalue weighted by Gasteiger charge is -2.20. The zero-order valence-electron chi connectivity index (χ0n) is 10.6. The highest BCUT2D eigenvalue weighted by molar-refractivity contribution is 8.00. The topological polar surface area (TPSA) is 80.4 Å². The van der Waals surface area contributed by atoms with Crippen molar-refractivity contribution in [2.45, 2.75) is 9.77 Å². The van der Waals surface area contributed by atoms with Gasteiger partial charge < -0.3 is 5.11 Å². The van der Waals surface area contributed by atoms with Gasteiger partial charge in [0.15, 0.2) is 0 Å². The van der Waals surface area contributed by atoms with E-state index < -0.39 is 15.8 Å². The molecule has 0 aromatic heterocycles. The van der Waals surface area contributed by atoms with Crippen LogP contribution in [0.15, 0.2) is 59.5 Å². The van der Waals surface area contributed by atoms with Crippen LogP contribution in [0, 0.1) is 10.1 Å². The van der Waals surface area contributed by atoms with Gasteiger partial charge in [0, 0.05) is 9.92 Å². The maximum Gasteiger partial charge on any atom is 0.399 e. The molecule has 0 heterocycles. The van der Waals surface area contributed by atoms with Gasteiger partial charge in [-0.15, -0.1) is 0 Å². The number of hydrogen-bond donors (Lipinski definition) is 1. The highest BCUT2D eigenvalue weighted by atomic mass is 35.5. The Bertz CT molecular complexity index is 646. The number of nitrogens with zero attached hydrogens (tertiary/aromatic N) is 1. The molecule has 2 aromatic rings. The standard InChI is InChI=1S/C14H10ClNO4S/c15-11-8-6-10(7-9-11)14(13(17)18,16(19)20)21-12-4-2-1-3-5-12/h1-9H,(H,17,18). The summed E-state index contributed by atoms with van der Waals surface area (Å²) in [5, 5.41) is 21.4. The zero-order chi connectivity index (χ0) is 15.5. The van der Waals surface area contributed by atoms with Crippen LogP contribution in [0.1, 0.15) is 5.56 Å². The van der Waals surface area contributed by atoms with Crippen LogP contribution in [0.5, 0.6) is 0 Å². The number of nitro groups is 1. The molecule has 1 atom stereocenters. The molecule has 0 aliphatic heterocycles. The van der Waals surface area contributed by atoms with E-state index in [-0.39, 0.29) is 5.56 Å². The van der Waals surface area contributed by atoms with E-state index in [0.717, 1.165) is 0 Å². The van der Waals surface area contributed by atoms with E-state index in [2.05, 4.69) is 0 Å². The van der Waals surface area contributed by atoms with Gasteiger partial charge in [0.25, 0.3) is 0 Å². The molecule has 0 aliphatic carbocycles. The van der Waals surface area contributed by atoms with Crippen LogP contribution < -0.4 is 0 Å². The van der Waals surface area contributed by atoms with Crippen molar-refractivity contribution in [3.05, 3.63) is 75.3 Å². The summed E-state index contributed by atoms with van der Waals surface area (Å²) < 4.78 is 0. The Kier molecular flexibility index (Phi) is 4.50. The molecule has 0 fully saturated rings. The van der Waals surface area contributed by atoms with E-state index in [1.54, 1.807) is 30.3 Å². The minimum atomic E-state index is -2.31. The highest BCUT2D eigenvalue weighted by Crippen LogP contribution is 2.42. The Morgan fingerprint density at radius 3 is 2.19 bits per heavy atom. The molecule has 108 valence electrons. The maximum atomic E-state index is 11.7. The van der Waals surface area contributed by atoms with E-state index in [1.807, 2.05) is 0 Å². The Labute approximate surface area is 129 Å². The number of carbonyl (C=O) groups is 1. The van der Waals surface area contributed by atoms with Crippen molar-refractivity contribution >= 4 is 29.3 Å². The van der Waals surface area contributed by atoms with Gasteiger partial charge in [-0.25, -0.2) is 4.79 Å². The van der Waals surface area contributed by atoms with Crippen LogP contribution in [-0.2, 0) is 9.67 Å². The van der Waals surface area contributed by atoms with Crippen molar-refractivity contribution in [1.29, 1.82) is 0 Å². The Balaban J connectivity index is 2.56. The van der Waals surface area contributed by atoms with Gasteiger partial charge in [0.1, 0.15) is 0 Å². The average Bonchev–Trinajstić information content (AvgIpc) is 2.46. The monoisotopic (exact) mass is 323 g/mol. The molecular formula is C14H10ClNO4S. The van der Waals surface area contributed by atoms with Crippen LogP contribution in [0.2, 0.25) is 5.02 Å². The fourth-order valence-electron chi connectivity index (χ4n) is 1.78. The first kappa shape index (κ1) is 15.3. The lowest BCUT2D eigenvalue weighted by atomic mass is 10.1. The van der Waals surface area contributed by atoms with Crippen molar-refractivity contribution < 1.29 is 14.8 Å². The van der Waals surface area contributed by atoms with Crippen LogP contribution in [0.25, 0.3) is 0 Å². The van der Waals surface area contributed by atoms with Crippen molar-refractivity contribution in [3.8, 4) is 0 Å². The number of aliphatic carboxylic acids is 1. The summed E-state index contributed by atoms with van der Waals surface area (Å²) in [7, 11) is 0. The second kappa shape index (κ2) is 6.15. The van der Waals surface area contributed by atoms with Crippen molar-refractivity contribution in [2.75, 3.05) is 0 Å². The van der Waals surface area contributed by atoms with Gasteiger partial charge in [-0.05, 0) is 48.2 Å². The second-order valence-electron chi connectivity index (χ2n) is 4.13. The third-order valence-corrected chi connectivity index (χ3v) is 4.41. The summed E-state index contributed by atoms with van der Waals surface area (Å²) in [5.41, 5.74) is 0.0539. The van der Waals surface area contributed by atoms with Crippen LogP contribution in [-0.4, -0.2) is 16.0 Å². The fraction of sp³-hybridized carbons (Fsp3) is 0.0714. The van der Waals surface area contributed by atoms with Crippen molar-refractivity contribution in [1.82, 2.24) is 0 Å². The largest absolute Gasteiger partial charge is 0.475 e. The van der Waals surface area contributed by atoms with E-state index in [4.69, 9.17) is 11.6 Å². The molecule has 21 heavy (non-hydrogen) atoms. The van der Waals surface area contributed by atoms with Crippen LogP contribution >= 0.6 is 23.4 Å². The quantitative estimate of drug-likeness (QED) is 0.393. The summed E-state index contributed by atoms with van der Waals surface area (Å²) in [4.78, 5) is 20.6. The number of rotatable bonds is 5. The van der Waals surface area contributed by atoms with E-state index in [9.17, 15) is 20.0 Å². The highest BCUT2D eigenvalue weighted by Gasteiger charge is 2.54. The van der Waals surface area contributed by atoms with Gasteiger partial charge in [-0.3, -0.25) is 10.1 Å². The van der Waals surface area contributed by atoms with Crippen LogP contribution in [0.3, 0.4) is 0 Å². The summed E-state index contributed by atoms with van der Waals surface area (Å²) >= 11 is 6.43. The van der Waals surface area contributed by atoms with Gasteiger partial charge >= 0.3 is 10.8 Å².